The standard InChI is InChI=1S/C11H22N4/c1-10(2)8-15-9-11(13-14-15)6-4-3-5-7-12/h9-10H,3-8,12H2,1-2H3. The first-order valence-corrected chi connectivity index (χ1v) is 5.81. The molecule has 0 bridgehead atoms. The molecule has 86 valence electrons. The van der Waals surface area contributed by atoms with Crippen LogP contribution in [0.2, 0.25) is 0 Å². The van der Waals surface area contributed by atoms with E-state index >= 15 is 0 Å². The van der Waals surface area contributed by atoms with Crippen LogP contribution in [-0.4, -0.2) is 21.5 Å². The predicted molar refractivity (Wildman–Crippen MR) is 61.5 cm³/mol. The molecule has 0 radical (unpaired) electrons. The molecule has 0 spiro atoms. The highest BCUT2D eigenvalue weighted by atomic mass is 15.4. The third kappa shape index (κ3) is 4.93. The van der Waals surface area contributed by atoms with E-state index in [4.69, 9.17) is 5.73 Å². The Morgan fingerprint density at radius 1 is 1.33 bits per heavy atom. The van der Waals surface area contributed by atoms with Crippen LogP contribution in [-0.2, 0) is 13.0 Å². The Hall–Kier alpha value is -0.900. The van der Waals surface area contributed by atoms with E-state index in [-0.39, 0.29) is 0 Å². The summed E-state index contributed by atoms with van der Waals surface area (Å²) < 4.78 is 1.93. The molecule has 4 nitrogen and oxygen atoms in total. The summed E-state index contributed by atoms with van der Waals surface area (Å²) in [6.45, 7) is 6.11. The van der Waals surface area contributed by atoms with Crippen molar-refractivity contribution in [2.75, 3.05) is 6.54 Å². The number of unbranched alkanes of at least 4 members (excludes halogenated alkanes) is 2. The van der Waals surface area contributed by atoms with Crippen LogP contribution in [0.5, 0.6) is 0 Å². The molecule has 0 aliphatic heterocycles. The Labute approximate surface area is 91.9 Å². The first kappa shape index (κ1) is 12.2. The van der Waals surface area contributed by atoms with Gasteiger partial charge in [0, 0.05) is 12.7 Å². The quantitative estimate of drug-likeness (QED) is 0.695. The molecular formula is C11H22N4. The zero-order chi connectivity index (χ0) is 11.1. The van der Waals surface area contributed by atoms with Crippen molar-refractivity contribution in [3.05, 3.63) is 11.9 Å². The van der Waals surface area contributed by atoms with Gasteiger partial charge in [0.05, 0.1) is 5.69 Å². The second-order valence-electron chi connectivity index (χ2n) is 4.43. The summed E-state index contributed by atoms with van der Waals surface area (Å²) in [5.41, 5.74) is 6.54. The maximum absolute atomic E-state index is 5.43. The largest absolute Gasteiger partial charge is 0.330 e. The second-order valence-corrected chi connectivity index (χ2v) is 4.43. The highest BCUT2D eigenvalue weighted by Crippen LogP contribution is 2.04. The lowest BCUT2D eigenvalue weighted by Crippen LogP contribution is -2.04. The zero-order valence-corrected chi connectivity index (χ0v) is 9.82. The van der Waals surface area contributed by atoms with Gasteiger partial charge in [0.1, 0.15) is 0 Å². The van der Waals surface area contributed by atoms with E-state index in [0.717, 1.165) is 38.0 Å². The van der Waals surface area contributed by atoms with Gasteiger partial charge in [0.15, 0.2) is 0 Å². The van der Waals surface area contributed by atoms with Crippen molar-refractivity contribution in [2.45, 2.75) is 46.1 Å². The van der Waals surface area contributed by atoms with Crippen LogP contribution in [0.3, 0.4) is 0 Å². The number of nitrogens with two attached hydrogens (primary N) is 1. The minimum absolute atomic E-state index is 0.622. The third-order valence-corrected chi connectivity index (χ3v) is 2.28. The van der Waals surface area contributed by atoms with Crippen LogP contribution in [0, 0.1) is 5.92 Å². The van der Waals surface area contributed by atoms with Gasteiger partial charge in [-0.25, -0.2) is 0 Å². The Morgan fingerprint density at radius 2 is 2.13 bits per heavy atom. The molecular weight excluding hydrogens is 188 g/mol. The summed E-state index contributed by atoms with van der Waals surface area (Å²) in [7, 11) is 0. The van der Waals surface area contributed by atoms with Crippen LogP contribution in [0.1, 0.15) is 38.8 Å². The van der Waals surface area contributed by atoms with Crippen LogP contribution in [0.15, 0.2) is 6.20 Å². The van der Waals surface area contributed by atoms with Gasteiger partial charge >= 0.3 is 0 Å². The second kappa shape index (κ2) is 6.56. The molecule has 0 aromatic carbocycles. The summed E-state index contributed by atoms with van der Waals surface area (Å²) in [6.07, 6.45) is 6.55. The fourth-order valence-corrected chi connectivity index (χ4v) is 1.54. The minimum atomic E-state index is 0.622. The van der Waals surface area contributed by atoms with Gasteiger partial charge in [0.2, 0.25) is 0 Å². The van der Waals surface area contributed by atoms with Gasteiger partial charge in [-0.3, -0.25) is 4.68 Å². The maximum atomic E-state index is 5.43. The number of aromatic nitrogens is 3. The summed E-state index contributed by atoms with van der Waals surface area (Å²) in [4.78, 5) is 0. The van der Waals surface area contributed by atoms with Gasteiger partial charge in [-0.05, 0) is 31.7 Å². The van der Waals surface area contributed by atoms with E-state index in [1.54, 1.807) is 0 Å². The highest BCUT2D eigenvalue weighted by molar-refractivity contribution is 4.92. The molecule has 0 saturated heterocycles. The van der Waals surface area contributed by atoms with Crippen LogP contribution in [0.25, 0.3) is 0 Å². The van der Waals surface area contributed by atoms with Gasteiger partial charge in [-0.1, -0.05) is 25.5 Å². The first-order valence-electron chi connectivity index (χ1n) is 5.81. The van der Waals surface area contributed by atoms with Crippen molar-refractivity contribution < 1.29 is 0 Å². The fourth-order valence-electron chi connectivity index (χ4n) is 1.54. The molecule has 2 N–H and O–H groups in total. The Kier molecular flexibility index (Phi) is 5.32. The average Bonchev–Trinajstić information content (AvgIpc) is 2.59. The molecule has 1 aromatic heterocycles. The van der Waals surface area contributed by atoms with Gasteiger partial charge in [-0.2, -0.15) is 0 Å². The molecule has 1 rings (SSSR count). The topological polar surface area (TPSA) is 56.7 Å². The van der Waals surface area contributed by atoms with Gasteiger partial charge < -0.3 is 5.73 Å². The molecule has 0 amide bonds. The molecule has 15 heavy (non-hydrogen) atoms. The monoisotopic (exact) mass is 210 g/mol. The van der Waals surface area contributed by atoms with E-state index in [0.29, 0.717) is 5.92 Å². The van der Waals surface area contributed by atoms with Crippen LogP contribution >= 0.6 is 0 Å². The molecule has 1 aromatic rings. The molecule has 0 fully saturated rings. The average molecular weight is 210 g/mol. The van der Waals surface area contributed by atoms with Crippen molar-refractivity contribution in [3.8, 4) is 0 Å². The number of aryl methyl sites for hydroxylation is 1. The first-order chi connectivity index (χ1) is 7.22. The molecule has 0 saturated carbocycles. The van der Waals surface area contributed by atoms with Crippen molar-refractivity contribution >= 4 is 0 Å². The zero-order valence-electron chi connectivity index (χ0n) is 9.82. The summed E-state index contributed by atoms with van der Waals surface area (Å²) >= 11 is 0. The fraction of sp³-hybridized carbons (Fsp3) is 0.818. The lowest BCUT2D eigenvalue weighted by Gasteiger charge is -2.01. The summed E-state index contributed by atoms with van der Waals surface area (Å²) in [5, 5.41) is 8.25. The Morgan fingerprint density at radius 3 is 2.80 bits per heavy atom. The van der Waals surface area contributed by atoms with E-state index in [1.807, 2.05) is 4.68 Å². The van der Waals surface area contributed by atoms with Crippen LogP contribution < -0.4 is 5.73 Å². The van der Waals surface area contributed by atoms with Gasteiger partial charge in [-0.15, -0.1) is 5.10 Å². The SMILES string of the molecule is CC(C)Cn1cc(CCCCCN)nn1. The van der Waals surface area contributed by atoms with Gasteiger partial charge in [0.25, 0.3) is 0 Å². The lowest BCUT2D eigenvalue weighted by molar-refractivity contribution is 0.472. The normalized spacial score (nSPS) is 11.2. The molecule has 0 atom stereocenters. The van der Waals surface area contributed by atoms with Crippen molar-refractivity contribution in [2.24, 2.45) is 11.7 Å². The number of hydrogen-bond acceptors (Lipinski definition) is 3. The minimum Gasteiger partial charge on any atom is -0.330 e. The Balaban J connectivity index is 2.26. The Bertz CT molecular complexity index is 267. The van der Waals surface area contributed by atoms with E-state index in [9.17, 15) is 0 Å². The van der Waals surface area contributed by atoms with E-state index < -0.39 is 0 Å². The van der Waals surface area contributed by atoms with E-state index in [2.05, 4.69) is 30.4 Å². The molecule has 0 unspecified atom stereocenters. The maximum Gasteiger partial charge on any atom is 0.0827 e. The van der Waals surface area contributed by atoms with Crippen molar-refractivity contribution in [3.63, 3.8) is 0 Å². The molecule has 0 aliphatic carbocycles. The lowest BCUT2D eigenvalue weighted by atomic mass is 10.1. The predicted octanol–water partition coefficient (Wildman–Crippen LogP) is 1.61. The summed E-state index contributed by atoms with van der Waals surface area (Å²) in [5.74, 6) is 0.622. The smallest absolute Gasteiger partial charge is 0.0827 e. The van der Waals surface area contributed by atoms with Crippen LogP contribution in [0.4, 0.5) is 0 Å². The van der Waals surface area contributed by atoms with Crippen molar-refractivity contribution in [1.82, 2.24) is 15.0 Å². The number of nitrogens with zero attached hydrogens (tertiary/aromatic N) is 3. The number of rotatable bonds is 7. The van der Waals surface area contributed by atoms with E-state index in [1.165, 1.54) is 6.42 Å². The summed E-state index contributed by atoms with van der Waals surface area (Å²) in [6, 6.07) is 0. The molecule has 4 heteroatoms. The number of hydrogen-bond donors (Lipinski definition) is 1. The molecule has 1 heterocycles. The van der Waals surface area contributed by atoms with Crippen molar-refractivity contribution in [1.29, 1.82) is 0 Å². The highest BCUT2D eigenvalue weighted by Gasteiger charge is 2.02. The third-order valence-electron chi connectivity index (χ3n) is 2.28. The molecule has 0 aliphatic rings.